The fraction of sp³-hybridized carbons (Fsp3) is 0.571. The number of aliphatic hydroxyl groups excluding tert-OH is 1. The van der Waals surface area contributed by atoms with Gasteiger partial charge in [0.1, 0.15) is 0 Å². The largest absolute Gasteiger partial charge is 0.395 e. The number of aryl methyl sites for hydroxylation is 1. The molecule has 1 atom stereocenters. The molecule has 6 heteroatoms. The average molecular weight is 364 g/mol. The zero-order valence-electron chi connectivity index (χ0n) is 12.3. The van der Waals surface area contributed by atoms with Crippen LogP contribution in [0.5, 0.6) is 0 Å². The van der Waals surface area contributed by atoms with Crippen LogP contribution in [-0.2, 0) is 10.0 Å². The third-order valence-corrected chi connectivity index (χ3v) is 5.67. The van der Waals surface area contributed by atoms with Crippen LogP contribution in [0.3, 0.4) is 0 Å². The maximum Gasteiger partial charge on any atom is 0.241 e. The van der Waals surface area contributed by atoms with E-state index in [1.54, 1.807) is 6.07 Å². The molecule has 0 aliphatic rings. The Morgan fingerprint density at radius 1 is 1.35 bits per heavy atom. The fourth-order valence-corrected chi connectivity index (χ4v) is 3.99. The number of sulfonamides is 1. The van der Waals surface area contributed by atoms with Crippen molar-refractivity contribution in [1.29, 1.82) is 0 Å². The monoisotopic (exact) mass is 363 g/mol. The van der Waals surface area contributed by atoms with Crippen LogP contribution in [-0.4, -0.2) is 26.2 Å². The molecule has 0 saturated heterocycles. The van der Waals surface area contributed by atoms with Gasteiger partial charge in [0.25, 0.3) is 0 Å². The van der Waals surface area contributed by atoms with Gasteiger partial charge in [0, 0.05) is 10.5 Å². The van der Waals surface area contributed by atoms with Gasteiger partial charge >= 0.3 is 0 Å². The molecule has 0 fully saturated rings. The zero-order chi connectivity index (χ0) is 15.5. The predicted molar refractivity (Wildman–Crippen MR) is 84.5 cm³/mol. The van der Waals surface area contributed by atoms with Crippen LogP contribution < -0.4 is 4.72 Å². The second-order valence-corrected chi connectivity index (χ2v) is 7.74. The molecular weight excluding hydrogens is 342 g/mol. The lowest BCUT2D eigenvalue weighted by molar-refractivity contribution is 0.254. The normalized spacial score (nSPS) is 13.8. The SMILES string of the molecule is CCC(CO)NS(=O)(=O)c1cc(C)c(Br)cc1C(C)C. The molecule has 1 aromatic carbocycles. The third kappa shape index (κ3) is 4.04. The molecule has 0 aliphatic heterocycles. The van der Waals surface area contributed by atoms with E-state index in [2.05, 4.69) is 20.7 Å². The Kier molecular flexibility index (Phi) is 6.19. The Morgan fingerprint density at radius 2 is 1.95 bits per heavy atom. The van der Waals surface area contributed by atoms with Gasteiger partial charge in [-0.05, 0) is 42.5 Å². The third-order valence-electron chi connectivity index (χ3n) is 3.24. The minimum Gasteiger partial charge on any atom is -0.395 e. The molecule has 114 valence electrons. The molecule has 0 spiro atoms. The standard InChI is InChI=1S/C14H22BrNO3S/c1-5-11(8-17)16-20(18,19)14-6-10(4)13(15)7-12(14)9(2)3/h6-7,9,11,16-17H,5,8H2,1-4H3. The molecule has 1 rings (SSSR count). The van der Waals surface area contributed by atoms with Gasteiger partial charge in [-0.25, -0.2) is 13.1 Å². The Hall–Kier alpha value is -0.430. The second-order valence-electron chi connectivity index (χ2n) is 5.20. The van der Waals surface area contributed by atoms with Crippen molar-refractivity contribution in [2.45, 2.75) is 51.0 Å². The number of hydrogen-bond donors (Lipinski definition) is 2. The first kappa shape index (κ1) is 17.6. The summed E-state index contributed by atoms with van der Waals surface area (Å²) in [4.78, 5) is 0.292. The maximum atomic E-state index is 12.5. The molecule has 2 N–H and O–H groups in total. The Bertz CT molecular complexity index is 566. The molecule has 4 nitrogen and oxygen atoms in total. The van der Waals surface area contributed by atoms with Crippen LogP contribution in [0.4, 0.5) is 0 Å². The summed E-state index contributed by atoms with van der Waals surface area (Å²) in [5.41, 5.74) is 1.63. The summed E-state index contributed by atoms with van der Waals surface area (Å²) in [7, 11) is -3.63. The van der Waals surface area contributed by atoms with Crippen LogP contribution in [0.25, 0.3) is 0 Å². The van der Waals surface area contributed by atoms with Crippen molar-refractivity contribution in [1.82, 2.24) is 4.72 Å². The van der Waals surface area contributed by atoms with Crippen molar-refractivity contribution in [2.24, 2.45) is 0 Å². The summed E-state index contributed by atoms with van der Waals surface area (Å²) in [5.74, 6) is 0.0904. The highest BCUT2D eigenvalue weighted by Crippen LogP contribution is 2.30. The highest BCUT2D eigenvalue weighted by atomic mass is 79.9. The van der Waals surface area contributed by atoms with E-state index in [0.717, 1.165) is 15.6 Å². The second kappa shape index (κ2) is 7.02. The van der Waals surface area contributed by atoms with E-state index in [1.807, 2.05) is 33.8 Å². The van der Waals surface area contributed by atoms with Crippen LogP contribution in [0.15, 0.2) is 21.5 Å². The van der Waals surface area contributed by atoms with Crippen molar-refractivity contribution in [3.05, 3.63) is 27.7 Å². The van der Waals surface area contributed by atoms with E-state index >= 15 is 0 Å². The minimum atomic E-state index is -3.63. The first-order chi connectivity index (χ1) is 9.22. The van der Waals surface area contributed by atoms with Gasteiger partial charge in [0.15, 0.2) is 0 Å². The van der Waals surface area contributed by atoms with E-state index in [4.69, 9.17) is 0 Å². The molecule has 1 unspecified atom stereocenters. The summed E-state index contributed by atoms with van der Waals surface area (Å²) in [6.45, 7) is 7.40. The van der Waals surface area contributed by atoms with Crippen molar-refractivity contribution in [2.75, 3.05) is 6.61 Å². The van der Waals surface area contributed by atoms with Crippen LogP contribution >= 0.6 is 15.9 Å². The molecule has 1 aromatic rings. The van der Waals surface area contributed by atoms with Gasteiger partial charge in [0.2, 0.25) is 10.0 Å². The molecule has 0 saturated carbocycles. The smallest absolute Gasteiger partial charge is 0.241 e. The summed E-state index contributed by atoms with van der Waals surface area (Å²) in [6, 6.07) is 3.07. The summed E-state index contributed by atoms with van der Waals surface area (Å²) in [5, 5.41) is 9.18. The fourth-order valence-electron chi connectivity index (χ4n) is 1.89. The molecule has 0 heterocycles. The predicted octanol–water partition coefficient (Wildman–Crippen LogP) is 2.93. The van der Waals surface area contributed by atoms with E-state index in [9.17, 15) is 13.5 Å². The van der Waals surface area contributed by atoms with Crippen LogP contribution in [0.2, 0.25) is 0 Å². The number of rotatable bonds is 6. The van der Waals surface area contributed by atoms with Crippen molar-refractivity contribution in [3.63, 3.8) is 0 Å². The van der Waals surface area contributed by atoms with Crippen molar-refractivity contribution < 1.29 is 13.5 Å². The van der Waals surface area contributed by atoms with E-state index in [1.165, 1.54) is 0 Å². The Balaban J connectivity index is 3.33. The quantitative estimate of drug-likeness (QED) is 0.816. The lowest BCUT2D eigenvalue weighted by Gasteiger charge is -2.19. The average Bonchev–Trinajstić information content (AvgIpc) is 2.38. The van der Waals surface area contributed by atoms with Crippen molar-refractivity contribution >= 4 is 26.0 Å². The molecule has 0 amide bonds. The number of nitrogens with one attached hydrogen (secondary N) is 1. The lowest BCUT2D eigenvalue weighted by Crippen LogP contribution is -2.37. The van der Waals surface area contributed by atoms with E-state index in [-0.39, 0.29) is 12.5 Å². The Labute approximate surface area is 129 Å². The topological polar surface area (TPSA) is 66.4 Å². The van der Waals surface area contributed by atoms with E-state index in [0.29, 0.717) is 11.3 Å². The van der Waals surface area contributed by atoms with Gasteiger partial charge < -0.3 is 5.11 Å². The molecule has 20 heavy (non-hydrogen) atoms. The highest BCUT2D eigenvalue weighted by molar-refractivity contribution is 9.10. The van der Waals surface area contributed by atoms with Gasteiger partial charge in [-0.3, -0.25) is 0 Å². The number of halogens is 1. The maximum absolute atomic E-state index is 12.5. The molecule has 0 aromatic heterocycles. The summed E-state index contributed by atoms with van der Waals surface area (Å²) in [6.07, 6.45) is 0.544. The molecule has 0 aliphatic carbocycles. The van der Waals surface area contributed by atoms with E-state index < -0.39 is 16.1 Å². The first-order valence-electron chi connectivity index (χ1n) is 6.66. The van der Waals surface area contributed by atoms with Gasteiger partial charge in [-0.15, -0.1) is 0 Å². The number of hydrogen-bond acceptors (Lipinski definition) is 3. The molecular formula is C14H22BrNO3S. The van der Waals surface area contributed by atoms with Crippen LogP contribution in [0, 0.1) is 6.92 Å². The lowest BCUT2D eigenvalue weighted by atomic mass is 10.0. The minimum absolute atomic E-state index is 0.0904. The summed E-state index contributed by atoms with van der Waals surface area (Å²) >= 11 is 3.44. The molecule has 0 radical (unpaired) electrons. The Morgan fingerprint density at radius 3 is 2.40 bits per heavy atom. The number of aliphatic hydroxyl groups is 1. The molecule has 0 bridgehead atoms. The van der Waals surface area contributed by atoms with Gasteiger partial charge in [-0.1, -0.05) is 36.7 Å². The van der Waals surface area contributed by atoms with Crippen molar-refractivity contribution in [3.8, 4) is 0 Å². The zero-order valence-corrected chi connectivity index (χ0v) is 14.7. The number of benzene rings is 1. The van der Waals surface area contributed by atoms with Gasteiger partial charge in [-0.2, -0.15) is 0 Å². The van der Waals surface area contributed by atoms with Crippen LogP contribution in [0.1, 0.15) is 44.2 Å². The summed E-state index contributed by atoms with van der Waals surface area (Å²) < 4.78 is 28.5. The van der Waals surface area contributed by atoms with Gasteiger partial charge in [0.05, 0.1) is 11.5 Å². The first-order valence-corrected chi connectivity index (χ1v) is 8.93. The highest BCUT2D eigenvalue weighted by Gasteiger charge is 2.23.